The second kappa shape index (κ2) is 11.9. The van der Waals surface area contributed by atoms with E-state index in [2.05, 4.69) is 21.2 Å². The Morgan fingerprint density at radius 2 is 1.72 bits per heavy atom. The predicted octanol–water partition coefficient (Wildman–Crippen LogP) is 4.24. The summed E-state index contributed by atoms with van der Waals surface area (Å²) < 4.78 is 6.23. The SMILES string of the molecule is CC[C@H](C(=O)NC)N(Cc1ccc(OC)cc1)C(=O)CSCc1ccc(Br)cc1. The Kier molecular flexibility index (Phi) is 9.54. The zero-order valence-electron chi connectivity index (χ0n) is 17.0. The Hall–Kier alpha value is -1.99. The largest absolute Gasteiger partial charge is 0.497 e. The number of amides is 2. The summed E-state index contributed by atoms with van der Waals surface area (Å²) in [5.41, 5.74) is 2.12. The van der Waals surface area contributed by atoms with E-state index >= 15 is 0 Å². The van der Waals surface area contributed by atoms with Gasteiger partial charge >= 0.3 is 0 Å². The fraction of sp³-hybridized carbons (Fsp3) is 0.364. The van der Waals surface area contributed by atoms with Gasteiger partial charge in [-0.3, -0.25) is 9.59 Å². The molecule has 0 aliphatic carbocycles. The Bertz CT molecular complexity index is 797. The van der Waals surface area contributed by atoms with Crippen LogP contribution in [0.5, 0.6) is 5.75 Å². The first-order valence-corrected chi connectivity index (χ1v) is 11.4. The van der Waals surface area contributed by atoms with E-state index in [9.17, 15) is 9.59 Å². The first-order chi connectivity index (χ1) is 14.0. The van der Waals surface area contributed by atoms with Gasteiger partial charge in [-0.05, 0) is 41.8 Å². The monoisotopic (exact) mass is 478 g/mol. The number of halogens is 1. The molecule has 0 fully saturated rings. The van der Waals surface area contributed by atoms with Crippen LogP contribution < -0.4 is 10.1 Å². The Morgan fingerprint density at radius 1 is 1.10 bits per heavy atom. The van der Waals surface area contributed by atoms with E-state index in [0.29, 0.717) is 18.7 Å². The summed E-state index contributed by atoms with van der Waals surface area (Å²) in [5.74, 6) is 1.63. The highest BCUT2D eigenvalue weighted by Gasteiger charge is 2.27. The van der Waals surface area contributed by atoms with Crippen molar-refractivity contribution in [1.82, 2.24) is 10.2 Å². The molecule has 0 heterocycles. The number of rotatable bonds is 10. The highest BCUT2D eigenvalue weighted by Crippen LogP contribution is 2.20. The summed E-state index contributed by atoms with van der Waals surface area (Å²) in [5, 5.41) is 2.68. The summed E-state index contributed by atoms with van der Waals surface area (Å²) in [6.07, 6.45) is 0.555. The molecule has 2 aromatic carbocycles. The Balaban J connectivity index is 2.08. The van der Waals surface area contributed by atoms with E-state index in [1.54, 1.807) is 30.8 Å². The molecule has 0 aliphatic rings. The highest BCUT2D eigenvalue weighted by atomic mass is 79.9. The zero-order valence-corrected chi connectivity index (χ0v) is 19.4. The number of ether oxygens (including phenoxy) is 1. The first-order valence-electron chi connectivity index (χ1n) is 9.44. The van der Waals surface area contributed by atoms with E-state index < -0.39 is 6.04 Å². The summed E-state index contributed by atoms with van der Waals surface area (Å²) in [6, 6.07) is 15.1. The van der Waals surface area contributed by atoms with Gasteiger partial charge in [-0.1, -0.05) is 47.1 Å². The number of methoxy groups -OCH3 is 1. The number of likely N-dealkylation sites (N-methyl/N-ethyl adjacent to an activating group) is 1. The summed E-state index contributed by atoms with van der Waals surface area (Å²) in [6.45, 7) is 2.30. The molecule has 2 amide bonds. The molecule has 0 aliphatic heterocycles. The Morgan fingerprint density at radius 3 is 2.28 bits per heavy atom. The lowest BCUT2D eigenvalue weighted by molar-refractivity contribution is -0.139. The van der Waals surface area contributed by atoms with E-state index in [4.69, 9.17) is 4.74 Å². The van der Waals surface area contributed by atoms with Crippen LogP contribution in [0.1, 0.15) is 24.5 Å². The lowest BCUT2D eigenvalue weighted by atomic mass is 10.1. The molecule has 1 atom stereocenters. The molecule has 0 radical (unpaired) electrons. The summed E-state index contributed by atoms with van der Waals surface area (Å²) >= 11 is 4.98. The maximum Gasteiger partial charge on any atom is 0.242 e. The number of carbonyl (C=O) groups excluding carboxylic acids is 2. The molecule has 0 unspecified atom stereocenters. The van der Waals surface area contributed by atoms with Crippen molar-refractivity contribution in [3.63, 3.8) is 0 Å². The van der Waals surface area contributed by atoms with Gasteiger partial charge in [-0.15, -0.1) is 11.8 Å². The lowest BCUT2D eigenvalue weighted by Crippen LogP contribution is -2.48. The van der Waals surface area contributed by atoms with Gasteiger partial charge in [-0.2, -0.15) is 0 Å². The third-order valence-electron chi connectivity index (χ3n) is 4.55. The smallest absolute Gasteiger partial charge is 0.242 e. The van der Waals surface area contributed by atoms with E-state index in [1.807, 2.05) is 55.5 Å². The van der Waals surface area contributed by atoms with Crippen LogP contribution in [0.3, 0.4) is 0 Å². The van der Waals surface area contributed by atoms with Crippen molar-refractivity contribution in [1.29, 1.82) is 0 Å². The van der Waals surface area contributed by atoms with Crippen LogP contribution in [0.4, 0.5) is 0 Å². The van der Waals surface area contributed by atoms with Crippen molar-refractivity contribution in [2.45, 2.75) is 31.7 Å². The number of hydrogen-bond acceptors (Lipinski definition) is 4. The van der Waals surface area contributed by atoms with E-state index in [1.165, 1.54) is 0 Å². The quantitative estimate of drug-likeness (QED) is 0.554. The standard InChI is InChI=1S/C22H27BrN2O3S/c1-4-20(22(27)24-2)25(13-16-7-11-19(28-3)12-8-16)21(26)15-29-14-17-5-9-18(23)10-6-17/h5-12,20H,4,13-15H2,1-3H3,(H,24,27)/t20-/m1/s1. The van der Waals surface area contributed by atoms with Gasteiger partial charge in [0.25, 0.3) is 0 Å². The van der Waals surface area contributed by atoms with Crippen LogP contribution in [0.25, 0.3) is 0 Å². The first kappa shape index (κ1) is 23.3. The van der Waals surface area contributed by atoms with E-state index in [0.717, 1.165) is 27.1 Å². The van der Waals surface area contributed by atoms with Crippen LogP contribution in [0.2, 0.25) is 0 Å². The van der Waals surface area contributed by atoms with Gasteiger partial charge in [0.15, 0.2) is 0 Å². The molecule has 156 valence electrons. The average Bonchev–Trinajstić information content (AvgIpc) is 2.75. The van der Waals surface area contributed by atoms with Gasteiger partial charge in [0.2, 0.25) is 11.8 Å². The third kappa shape index (κ3) is 7.08. The van der Waals surface area contributed by atoms with Gasteiger partial charge in [0.1, 0.15) is 11.8 Å². The van der Waals surface area contributed by atoms with Crippen LogP contribution in [0.15, 0.2) is 53.0 Å². The molecule has 0 bridgehead atoms. The minimum atomic E-state index is -0.497. The lowest BCUT2D eigenvalue weighted by Gasteiger charge is -2.30. The van der Waals surface area contributed by atoms with Crippen LogP contribution in [0, 0.1) is 0 Å². The van der Waals surface area contributed by atoms with Crippen molar-refractivity contribution in [3.8, 4) is 5.75 Å². The number of carbonyl (C=O) groups is 2. The molecular weight excluding hydrogens is 452 g/mol. The summed E-state index contributed by atoms with van der Waals surface area (Å²) in [4.78, 5) is 27.1. The third-order valence-corrected chi connectivity index (χ3v) is 6.07. The molecule has 7 heteroatoms. The topological polar surface area (TPSA) is 58.6 Å². The van der Waals surface area contributed by atoms with Crippen LogP contribution in [-0.4, -0.2) is 42.7 Å². The maximum atomic E-state index is 13.0. The molecule has 0 spiro atoms. The predicted molar refractivity (Wildman–Crippen MR) is 122 cm³/mol. The Labute approximate surface area is 185 Å². The molecule has 2 rings (SSSR count). The van der Waals surface area contributed by atoms with Crippen molar-refractivity contribution in [3.05, 3.63) is 64.1 Å². The molecule has 1 N–H and O–H groups in total. The second-order valence-corrected chi connectivity index (χ2v) is 8.43. The molecule has 5 nitrogen and oxygen atoms in total. The fourth-order valence-electron chi connectivity index (χ4n) is 2.93. The minimum absolute atomic E-state index is 0.0432. The second-order valence-electron chi connectivity index (χ2n) is 6.53. The van der Waals surface area contributed by atoms with Gasteiger partial charge in [0.05, 0.1) is 12.9 Å². The molecule has 29 heavy (non-hydrogen) atoms. The summed E-state index contributed by atoms with van der Waals surface area (Å²) in [7, 11) is 3.22. The maximum absolute atomic E-state index is 13.0. The minimum Gasteiger partial charge on any atom is -0.497 e. The molecule has 0 saturated carbocycles. The van der Waals surface area contributed by atoms with Gasteiger partial charge < -0.3 is 15.0 Å². The van der Waals surface area contributed by atoms with E-state index in [-0.39, 0.29) is 11.8 Å². The van der Waals surface area contributed by atoms with Crippen molar-refractivity contribution >= 4 is 39.5 Å². The van der Waals surface area contributed by atoms with Crippen LogP contribution >= 0.6 is 27.7 Å². The zero-order chi connectivity index (χ0) is 21.2. The molecule has 0 saturated heterocycles. The highest BCUT2D eigenvalue weighted by molar-refractivity contribution is 9.10. The average molecular weight is 479 g/mol. The van der Waals surface area contributed by atoms with Crippen molar-refractivity contribution in [2.75, 3.05) is 19.9 Å². The fourth-order valence-corrected chi connectivity index (χ4v) is 4.07. The number of hydrogen-bond donors (Lipinski definition) is 1. The van der Waals surface area contributed by atoms with Crippen molar-refractivity contribution < 1.29 is 14.3 Å². The molecular formula is C22H27BrN2O3S. The number of nitrogens with zero attached hydrogens (tertiary/aromatic N) is 1. The number of benzene rings is 2. The molecule has 0 aromatic heterocycles. The van der Waals surface area contributed by atoms with Crippen molar-refractivity contribution in [2.24, 2.45) is 0 Å². The number of thioether (sulfide) groups is 1. The molecule has 2 aromatic rings. The van der Waals surface area contributed by atoms with Crippen LogP contribution in [-0.2, 0) is 21.9 Å². The number of nitrogens with one attached hydrogen (secondary N) is 1. The van der Waals surface area contributed by atoms with Gasteiger partial charge in [-0.25, -0.2) is 0 Å². The van der Waals surface area contributed by atoms with Gasteiger partial charge in [0, 0.05) is 23.8 Å². The normalized spacial score (nSPS) is 11.6.